The highest BCUT2D eigenvalue weighted by Gasteiger charge is 2.22. The molecule has 1 saturated carbocycles. The number of ether oxygens (including phenoxy) is 1. The summed E-state index contributed by atoms with van der Waals surface area (Å²) in [6.45, 7) is 0.228. The van der Waals surface area contributed by atoms with E-state index in [4.69, 9.17) is 9.88 Å². The highest BCUT2D eigenvalue weighted by atomic mass is 79.9. The molecule has 1 aliphatic rings. The molecule has 1 aromatic rings. The molecule has 6 nitrogen and oxygen atoms in total. The molecule has 3 N–H and O–H groups in total. The van der Waals surface area contributed by atoms with Crippen LogP contribution in [0.15, 0.2) is 27.6 Å². The molecule has 8 heteroatoms. The molecular weight excluding hydrogens is 348 g/mol. The molecule has 0 radical (unpaired) electrons. The van der Waals surface area contributed by atoms with Gasteiger partial charge in [-0.1, -0.05) is 0 Å². The Labute approximate surface area is 125 Å². The maximum atomic E-state index is 11.5. The van der Waals surface area contributed by atoms with Crippen molar-refractivity contribution in [3.8, 4) is 5.75 Å². The Balaban J connectivity index is 1.88. The number of benzene rings is 1. The van der Waals surface area contributed by atoms with Gasteiger partial charge in [-0.2, -0.15) is 0 Å². The molecule has 0 aromatic heterocycles. The van der Waals surface area contributed by atoms with Gasteiger partial charge in [0, 0.05) is 6.04 Å². The van der Waals surface area contributed by atoms with Gasteiger partial charge in [0.05, 0.1) is 22.4 Å². The smallest absolute Gasteiger partial charge is 0.238 e. The Morgan fingerprint density at radius 3 is 2.70 bits per heavy atom. The zero-order valence-electron chi connectivity index (χ0n) is 10.6. The van der Waals surface area contributed by atoms with Gasteiger partial charge >= 0.3 is 0 Å². The van der Waals surface area contributed by atoms with E-state index < -0.39 is 10.0 Å². The van der Waals surface area contributed by atoms with Crippen molar-refractivity contribution in [1.82, 2.24) is 5.32 Å². The molecular formula is C12H15BrN2O4S. The van der Waals surface area contributed by atoms with E-state index in [1.165, 1.54) is 18.2 Å². The zero-order valence-corrected chi connectivity index (χ0v) is 13.0. The number of nitrogens with one attached hydrogen (secondary N) is 1. The van der Waals surface area contributed by atoms with Crippen molar-refractivity contribution >= 4 is 31.9 Å². The van der Waals surface area contributed by atoms with E-state index in [9.17, 15) is 13.2 Å². The van der Waals surface area contributed by atoms with E-state index >= 15 is 0 Å². The first-order valence-corrected chi connectivity index (χ1v) is 8.45. The Morgan fingerprint density at radius 2 is 2.15 bits per heavy atom. The van der Waals surface area contributed by atoms with Gasteiger partial charge in [-0.05, 0) is 47.0 Å². The molecule has 0 atom stereocenters. The summed E-state index contributed by atoms with van der Waals surface area (Å²) in [4.78, 5) is 11.5. The minimum atomic E-state index is -3.73. The average Bonchev–Trinajstić information content (AvgIpc) is 3.13. The second-order valence-electron chi connectivity index (χ2n) is 4.58. The van der Waals surface area contributed by atoms with Crippen LogP contribution in [-0.4, -0.2) is 27.0 Å². The van der Waals surface area contributed by atoms with Crippen molar-refractivity contribution in [1.29, 1.82) is 0 Å². The molecule has 110 valence electrons. The van der Waals surface area contributed by atoms with Crippen LogP contribution in [0.2, 0.25) is 0 Å². The standard InChI is InChI=1S/C12H15BrN2O4S/c13-10-7-9(20(14,17)18)3-4-11(10)19-6-5-12(16)15-8-1-2-8/h3-4,7-8H,1-2,5-6H2,(H,15,16)(H2,14,17,18). The number of hydrogen-bond donors (Lipinski definition) is 2. The van der Waals surface area contributed by atoms with Crippen molar-refractivity contribution in [2.75, 3.05) is 6.61 Å². The topological polar surface area (TPSA) is 98.5 Å². The average molecular weight is 363 g/mol. The van der Waals surface area contributed by atoms with Crippen molar-refractivity contribution in [2.45, 2.75) is 30.2 Å². The van der Waals surface area contributed by atoms with E-state index in [1.54, 1.807) is 0 Å². The molecule has 1 amide bonds. The normalized spacial score (nSPS) is 14.9. The molecule has 2 rings (SSSR count). The second kappa shape index (κ2) is 6.11. The summed E-state index contributed by atoms with van der Waals surface area (Å²) in [5, 5.41) is 7.88. The monoisotopic (exact) mass is 362 g/mol. The number of halogens is 1. The minimum absolute atomic E-state index is 0.00296. The number of primary sulfonamides is 1. The SMILES string of the molecule is NS(=O)(=O)c1ccc(OCCC(=O)NC2CC2)c(Br)c1. The summed E-state index contributed by atoms with van der Waals surface area (Å²) < 4.78 is 28.3. The first-order valence-electron chi connectivity index (χ1n) is 6.11. The Hall–Kier alpha value is -1.12. The Bertz CT molecular complexity index is 614. The van der Waals surface area contributed by atoms with Crippen molar-refractivity contribution in [2.24, 2.45) is 5.14 Å². The zero-order chi connectivity index (χ0) is 14.8. The number of amides is 1. The molecule has 1 aliphatic carbocycles. The van der Waals surface area contributed by atoms with Crippen LogP contribution >= 0.6 is 15.9 Å². The molecule has 1 aromatic carbocycles. The van der Waals surface area contributed by atoms with Crippen LogP contribution in [0.1, 0.15) is 19.3 Å². The van der Waals surface area contributed by atoms with Crippen LogP contribution < -0.4 is 15.2 Å². The highest BCUT2D eigenvalue weighted by Crippen LogP contribution is 2.27. The van der Waals surface area contributed by atoms with Gasteiger partial charge in [0.2, 0.25) is 15.9 Å². The van der Waals surface area contributed by atoms with E-state index in [2.05, 4.69) is 21.2 Å². The van der Waals surface area contributed by atoms with Crippen LogP contribution in [0.5, 0.6) is 5.75 Å². The maximum absolute atomic E-state index is 11.5. The van der Waals surface area contributed by atoms with Crippen molar-refractivity contribution < 1.29 is 17.9 Å². The van der Waals surface area contributed by atoms with E-state index in [-0.39, 0.29) is 23.8 Å². The number of rotatable bonds is 6. The van der Waals surface area contributed by atoms with Gasteiger partial charge in [0.25, 0.3) is 0 Å². The lowest BCUT2D eigenvalue weighted by atomic mass is 10.3. The molecule has 0 bridgehead atoms. The van der Waals surface area contributed by atoms with Gasteiger partial charge in [-0.3, -0.25) is 4.79 Å². The molecule has 0 saturated heterocycles. The fraction of sp³-hybridized carbons (Fsp3) is 0.417. The predicted octanol–water partition coefficient (Wildman–Crippen LogP) is 1.14. The molecule has 20 heavy (non-hydrogen) atoms. The number of nitrogens with two attached hydrogens (primary N) is 1. The molecule has 0 heterocycles. The molecule has 1 fully saturated rings. The van der Waals surface area contributed by atoms with Crippen molar-refractivity contribution in [3.63, 3.8) is 0 Å². The van der Waals surface area contributed by atoms with Crippen LogP contribution in [-0.2, 0) is 14.8 Å². The summed E-state index contributed by atoms with van der Waals surface area (Å²) in [5.74, 6) is 0.432. The summed E-state index contributed by atoms with van der Waals surface area (Å²) in [5.41, 5.74) is 0. The number of carbonyl (C=O) groups is 1. The van der Waals surface area contributed by atoms with Crippen molar-refractivity contribution in [3.05, 3.63) is 22.7 Å². The number of sulfonamides is 1. The fourth-order valence-corrected chi connectivity index (χ4v) is 2.74. The van der Waals surface area contributed by atoms with Crippen LogP contribution in [0.3, 0.4) is 0 Å². The fourth-order valence-electron chi connectivity index (χ4n) is 1.56. The van der Waals surface area contributed by atoms with Gasteiger partial charge in [-0.15, -0.1) is 0 Å². The van der Waals surface area contributed by atoms with Crippen LogP contribution in [0.25, 0.3) is 0 Å². The van der Waals surface area contributed by atoms with E-state index in [1.807, 2.05) is 0 Å². The second-order valence-corrected chi connectivity index (χ2v) is 6.99. The third-order valence-corrected chi connectivity index (χ3v) is 4.29. The summed E-state index contributed by atoms with van der Waals surface area (Å²) >= 11 is 3.21. The van der Waals surface area contributed by atoms with Crippen LogP contribution in [0.4, 0.5) is 0 Å². The lowest BCUT2D eigenvalue weighted by Crippen LogP contribution is -2.26. The maximum Gasteiger partial charge on any atom is 0.238 e. The third kappa shape index (κ3) is 4.46. The Kier molecular flexibility index (Phi) is 4.66. The number of carbonyl (C=O) groups excluding carboxylic acids is 1. The molecule has 0 spiro atoms. The lowest BCUT2D eigenvalue weighted by molar-refractivity contribution is -0.121. The Morgan fingerprint density at radius 1 is 1.45 bits per heavy atom. The predicted molar refractivity (Wildman–Crippen MR) is 76.8 cm³/mol. The minimum Gasteiger partial charge on any atom is -0.492 e. The summed E-state index contributed by atoms with van der Waals surface area (Å²) in [6, 6.07) is 4.57. The van der Waals surface area contributed by atoms with E-state index in [0.29, 0.717) is 16.3 Å². The first-order chi connectivity index (χ1) is 9.36. The largest absolute Gasteiger partial charge is 0.492 e. The summed E-state index contributed by atoms with van der Waals surface area (Å²) in [6.07, 6.45) is 2.36. The summed E-state index contributed by atoms with van der Waals surface area (Å²) in [7, 11) is -3.73. The van der Waals surface area contributed by atoms with Gasteiger partial charge in [0.15, 0.2) is 0 Å². The van der Waals surface area contributed by atoms with E-state index in [0.717, 1.165) is 12.8 Å². The van der Waals surface area contributed by atoms with Gasteiger partial charge in [-0.25, -0.2) is 13.6 Å². The molecule has 0 unspecified atom stereocenters. The number of hydrogen-bond acceptors (Lipinski definition) is 4. The van der Waals surface area contributed by atoms with Crippen LogP contribution in [0, 0.1) is 0 Å². The quantitative estimate of drug-likeness (QED) is 0.792. The lowest BCUT2D eigenvalue weighted by Gasteiger charge is -2.09. The molecule has 0 aliphatic heterocycles. The highest BCUT2D eigenvalue weighted by molar-refractivity contribution is 9.10. The van der Waals surface area contributed by atoms with Gasteiger partial charge in [0.1, 0.15) is 5.75 Å². The first kappa shape index (κ1) is 15.3. The third-order valence-electron chi connectivity index (χ3n) is 2.76. The van der Waals surface area contributed by atoms with Gasteiger partial charge < -0.3 is 10.1 Å².